The summed E-state index contributed by atoms with van der Waals surface area (Å²) in [6.45, 7) is 15.1. The van der Waals surface area contributed by atoms with E-state index in [1.807, 2.05) is 0 Å². The zero-order valence-corrected chi connectivity index (χ0v) is 46.4. The lowest BCUT2D eigenvalue weighted by Crippen LogP contribution is -2.46. The lowest BCUT2D eigenvalue weighted by molar-refractivity contribution is -0.152. The van der Waals surface area contributed by atoms with Crippen molar-refractivity contribution in [1.82, 2.24) is 14.7 Å². The van der Waals surface area contributed by atoms with Gasteiger partial charge in [-0.05, 0) is 83.7 Å². The zero-order chi connectivity index (χ0) is 50.7. The summed E-state index contributed by atoms with van der Waals surface area (Å²) in [7, 11) is 2.10. The van der Waals surface area contributed by atoms with Crippen molar-refractivity contribution in [2.75, 3.05) is 66.1 Å². The number of hydrogen-bond acceptors (Lipinski definition) is 11. The molecule has 0 aromatic heterocycles. The van der Waals surface area contributed by atoms with Gasteiger partial charge in [0.15, 0.2) is 0 Å². The van der Waals surface area contributed by atoms with Crippen molar-refractivity contribution in [3.05, 3.63) is 0 Å². The van der Waals surface area contributed by atoms with E-state index in [2.05, 4.69) is 49.4 Å². The fourth-order valence-electron chi connectivity index (χ4n) is 10.4. The van der Waals surface area contributed by atoms with Crippen LogP contribution in [0.5, 0.6) is 0 Å². The number of likely N-dealkylation sites (N-methyl/N-ethyl adjacent to an activating group) is 1. The zero-order valence-electron chi connectivity index (χ0n) is 46.4. The van der Waals surface area contributed by atoms with Gasteiger partial charge in [-0.2, -0.15) is 0 Å². The van der Waals surface area contributed by atoms with Gasteiger partial charge in [0, 0.05) is 52.0 Å². The molecule has 2 heterocycles. The molecule has 0 aromatic rings. The number of ether oxygens (including phenoxy) is 4. The van der Waals surface area contributed by atoms with Crippen LogP contribution in [-0.2, 0) is 38.1 Å². The SMILES string of the molecule is CCCCCCCCC(CCCCCCCC)OC(=O)CCCCCCCOC(=O)[C@@H]1C[C@H](OC(=O)CN2CCN(C)CC2)CN1CCCCCCCC(=O)OCCCC(CCCCC)CCCCC. The van der Waals surface area contributed by atoms with Gasteiger partial charge in [0.05, 0.1) is 19.8 Å². The van der Waals surface area contributed by atoms with Crippen molar-refractivity contribution in [2.45, 2.75) is 284 Å². The average Bonchev–Trinajstić information content (AvgIpc) is 3.75. The van der Waals surface area contributed by atoms with Crippen molar-refractivity contribution >= 4 is 23.9 Å². The molecule has 2 atom stereocenters. The number of esters is 4. The third-order valence-electron chi connectivity index (χ3n) is 15.0. The first-order valence-corrected chi connectivity index (χ1v) is 30.0. The van der Waals surface area contributed by atoms with Crippen LogP contribution < -0.4 is 0 Å². The highest BCUT2D eigenvalue weighted by Gasteiger charge is 2.39. The maximum Gasteiger partial charge on any atom is 0.323 e. The molecule has 2 fully saturated rings. The van der Waals surface area contributed by atoms with Crippen LogP contribution in [0.1, 0.15) is 265 Å². The molecule has 0 N–H and O–H groups in total. The molecule has 410 valence electrons. The number of carbonyl (C=O) groups excluding carboxylic acids is 4. The van der Waals surface area contributed by atoms with Crippen LogP contribution >= 0.6 is 0 Å². The van der Waals surface area contributed by atoms with Gasteiger partial charge >= 0.3 is 23.9 Å². The summed E-state index contributed by atoms with van der Waals surface area (Å²) in [5.74, 6) is 0.209. The van der Waals surface area contributed by atoms with E-state index in [1.165, 1.54) is 116 Å². The molecule has 0 aliphatic carbocycles. The number of unbranched alkanes of at least 4 members (excludes halogenated alkanes) is 22. The summed E-state index contributed by atoms with van der Waals surface area (Å²) in [5.41, 5.74) is 0. The van der Waals surface area contributed by atoms with Gasteiger partial charge in [-0.3, -0.25) is 29.0 Å². The Morgan fingerprint density at radius 1 is 0.486 bits per heavy atom. The van der Waals surface area contributed by atoms with Crippen LogP contribution in [-0.4, -0.2) is 123 Å². The Morgan fingerprint density at radius 2 is 0.957 bits per heavy atom. The fourth-order valence-corrected chi connectivity index (χ4v) is 10.4. The monoisotopic (exact) mass is 990 g/mol. The average molecular weight is 991 g/mol. The van der Waals surface area contributed by atoms with Gasteiger partial charge in [0.2, 0.25) is 0 Å². The van der Waals surface area contributed by atoms with E-state index in [0.29, 0.717) is 39.0 Å². The summed E-state index contributed by atoms with van der Waals surface area (Å²) < 4.78 is 23.5. The van der Waals surface area contributed by atoms with Gasteiger partial charge in [-0.25, -0.2) is 0 Å². The number of carbonyl (C=O) groups is 4. The number of nitrogens with zero attached hydrogens (tertiary/aromatic N) is 3. The summed E-state index contributed by atoms with van der Waals surface area (Å²) in [5, 5.41) is 0. The van der Waals surface area contributed by atoms with E-state index in [1.54, 1.807) is 0 Å². The lowest BCUT2D eigenvalue weighted by Gasteiger charge is -2.31. The third kappa shape index (κ3) is 34.2. The van der Waals surface area contributed by atoms with Crippen molar-refractivity contribution in [1.29, 1.82) is 0 Å². The van der Waals surface area contributed by atoms with E-state index >= 15 is 0 Å². The van der Waals surface area contributed by atoms with Crippen LogP contribution in [0.4, 0.5) is 0 Å². The Labute approximate surface area is 430 Å². The van der Waals surface area contributed by atoms with Crippen molar-refractivity contribution < 1.29 is 38.1 Å². The van der Waals surface area contributed by atoms with Gasteiger partial charge < -0.3 is 23.8 Å². The lowest BCUT2D eigenvalue weighted by atomic mass is 9.91. The topological polar surface area (TPSA) is 115 Å². The highest BCUT2D eigenvalue weighted by atomic mass is 16.6. The highest BCUT2D eigenvalue weighted by Crippen LogP contribution is 2.25. The maximum absolute atomic E-state index is 13.5. The molecule has 11 heteroatoms. The second kappa shape index (κ2) is 44.3. The van der Waals surface area contributed by atoms with Crippen LogP contribution in [0.25, 0.3) is 0 Å². The minimum absolute atomic E-state index is 0.0441. The molecule has 2 aliphatic rings. The van der Waals surface area contributed by atoms with Crippen molar-refractivity contribution in [3.8, 4) is 0 Å². The van der Waals surface area contributed by atoms with Crippen LogP contribution in [0, 0.1) is 5.92 Å². The van der Waals surface area contributed by atoms with E-state index in [4.69, 9.17) is 18.9 Å². The molecule has 0 aromatic carbocycles. The second-order valence-electron chi connectivity index (χ2n) is 21.6. The summed E-state index contributed by atoms with van der Waals surface area (Å²) >= 11 is 0. The fraction of sp³-hybridized carbons (Fsp3) is 0.932. The molecule has 0 radical (unpaired) electrons. The number of piperazine rings is 1. The van der Waals surface area contributed by atoms with E-state index in [0.717, 1.165) is 141 Å². The molecule has 0 amide bonds. The molecule has 2 saturated heterocycles. The largest absolute Gasteiger partial charge is 0.466 e. The molecule has 0 spiro atoms. The van der Waals surface area contributed by atoms with Gasteiger partial charge in [-0.1, -0.05) is 182 Å². The molecular weight excluding hydrogens is 879 g/mol. The molecule has 0 bridgehead atoms. The van der Waals surface area contributed by atoms with Crippen molar-refractivity contribution in [3.63, 3.8) is 0 Å². The minimum Gasteiger partial charge on any atom is -0.466 e. The van der Waals surface area contributed by atoms with E-state index in [-0.39, 0.29) is 42.6 Å². The normalized spacial score (nSPS) is 16.9. The smallest absolute Gasteiger partial charge is 0.323 e. The van der Waals surface area contributed by atoms with Crippen LogP contribution in [0.2, 0.25) is 0 Å². The number of rotatable bonds is 47. The molecule has 11 nitrogen and oxygen atoms in total. The Kier molecular flexibility index (Phi) is 40.4. The number of likely N-dealkylation sites (tertiary alicyclic amines) is 1. The standard InChI is InChI=1S/C59H111N3O8/c1-6-10-14-16-20-28-38-53(39-29-21-17-15-11-7-2)69-57(64)41-31-23-19-25-33-47-68-59(66)55-49-54(70-58(65)51-61-45-43-60(5)44-46-61)50-62(55)42-32-24-18-22-30-40-56(63)67-48-34-37-52(35-26-12-8-3)36-27-13-9-4/h52-55H,6-51H2,1-5H3/t54-,55-/m0/s1. The maximum atomic E-state index is 13.5. The van der Waals surface area contributed by atoms with E-state index in [9.17, 15) is 19.2 Å². The van der Waals surface area contributed by atoms with Gasteiger partial charge in [0.1, 0.15) is 18.2 Å². The second-order valence-corrected chi connectivity index (χ2v) is 21.6. The molecule has 0 unspecified atom stereocenters. The van der Waals surface area contributed by atoms with Gasteiger partial charge in [-0.15, -0.1) is 0 Å². The Morgan fingerprint density at radius 3 is 1.56 bits per heavy atom. The van der Waals surface area contributed by atoms with Crippen LogP contribution in [0.3, 0.4) is 0 Å². The third-order valence-corrected chi connectivity index (χ3v) is 15.0. The predicted molar refractivity (Wildman–Crippen MR) is 288 cm³/mol. The molecule has 70 heavy (non-hydrogen) atoms. The highest BCUT2D eigenvalue weighted by molar-refractivity contribution is 5.77. The first-order valence-electron chi connectivity index (χ1n) is 30.0. The summed E-state index contributed by atoms with van der Waals surface area (Å²) in [6, 6.07) is -0.420. The Hall–Kier alpha value is -2.24. The first-order chi connectivity index (χ1) is 34.2. The van der Waals surface area contributed by atoms with Crippen LogP contribution in [0.15, 0.2) is 0 Å². The number of hydrogen-bond donors (Lipinski definition) is 0. The molecule has 0 saturated carbocycles. The minimum atomic E-state index is -0.420. The molecule has 2 aliphatic heterocycles. The summed E-state index contributed by atoms with van der Waals surface area (Å²) in [6.07, 6.45) is 40.0. The first kappa shape index (κ1) is 63.9. The predicted octanol–water partition coefficient (Wildman–Crippen LogP) is 14.0. The molecular formula is C59H111N3O8. The van der Waals surface area contributed by atoms with Crippen molar-refractivity contribution in [2.24, 2.45) is 5.92 Å². The van der Waals surface area contributed by atoms with Gasteiger partial charge in [0.25, 0.3) is 0 Å². The molecule has 2 rings (SSSR count). The summed E-state index contributed by atoms with van der Waals surface area (Å²) in [4.78, 5) is 58.5. The Bertz CT molecular complexity index is 1250. The quantitative estimate of drug-likeness (QED) is 0.0330. The Balaban J connectivity index is 1.71. The van der Waals surface area contributed by atoms with E-state index < -0.39 is 6.04 Å².